The zero-order chi connectivity index (χ0) is 13.5. The number of benzene rings is 1. The number of rotatable bonds is 2. The molecule has 0 N–H and O–H groups in total. The van der Waals surface area contributed by atoms with Gasteiger partial charge in [0.2, 0.25) is 0 Å². The van der Waals surface area contributed by atoms with E-state index in [0.29, 0.717) is 0 Å². The Bertz CT molecular complexity index is 482. The first kappa shape index (κ1) is 13.0. The Morgan fingerprint density at radius 3 is 2.50 bits per heavy atom. The van der Waals surface area contributed by atoms with Gasteiger partial charge in [0.15, 0.2) is 0 Å². The fourth-order valence-electron chi connectivity index (χ4n) is 4.64. The molecule has 0 amide bonds. The van der Waals surface area contributed by atoms with Gasteiger partial charge in [0.1, 0.15) is 0 Å². The molecule has 1 heterocycles. The van der Waals surface area contributed by atoms with Crippen LogP contribution in [0, 0.1) is 11.8 Å². The summed E-state index contributed by atoms with van der Waals surface area (Å²) in [5.74, 6) is 2.06. The van der Waals surface area contributed by atoms with E-state index in [2.05, 4.69) is 28.0 Å². The maximum atomic E-state index is 6.10. The third-order valence-corrected chi connectivity index (χ3v) is 5.89. The SMILES string of the molecule is Clc1cccc(N2CCN([C@H]3C[C@H]4CC[C@@H]3C4)CC2)c1. The average Bonchev–Trinajstić information content (AvgIpc) is 3.10. The maximum absolute atomic E-state index is 6.10. The first-order chi connectivity index (χ1) is 9.79. The Kier molecular flexibility index (Phi) is 3.39. The molecule has 2 saturated carbocycles. The third-order valence-electron chi connectivity index (χ3n) is 5.66. The topological polar surface area (TPSA) is 6.48 Å². The molecule has 2 nitrogen and oxygen atoms in total. The smallest absolute Gasteiger partial charge is 0.0426 e. The Morgan fingerprint density at radius 1 is 1.00 bits per heavy atom. The van der Waals surface area contributed by atoms with E-state index in [1.807, 2.05) is 6.07 Å². The van der Waals surface area contributed by atoms with Crippen molar-refractivity contribution in [3.63, 3.8) is 0 Å². The number of anilines is 1. The van der Waals surface area contributed by atoms with E-state index >= 15 is 0 Å². The lowest BCUT2D eigenvalue weighted by atomic mass is 9.93. The summed E-state index contributed by atoms with van der Waals surface area (Å²) in [6.07, 6.45) is 5.98. The molecule has 3 aliphatic rings. The fraction of sp³-hybridized carbons (Fsp3) is 0.647. The molecule has 0 spiro atoms. The summed E-state index contributed by atoms with van der Waals surface area (Å²) < 4.78 is 0. The fourth-order valence-corrected chi connectivity index (χ4v) is 4.83. The summed E-state index contributed by atoms with van der Waals surface area (Å²) in [6, 6.07) is 9.18. The maximum Gasteiger partial charge on any atom is 0.0426 e. The van der Waals surface area contributed by atoms with Crippen LogP contribution < -0.4 is 4.90 Å². The Morgan fingerprint density at radius 2 is 1.85 bits per heavy atom. The van der Waals surface area contributed by atoms with E-state index in [4.69, 9.17) is 11.6 Å². The molecule has 4 rings (SSSR count). The number of halogens is 1. The first-order valence-corrected chi connectivity index (χ1v) is 8.42. The van der Waals surface area contributed by atoms with Crippen LogP contribution in [0.15, 0.2) is 24.3 Å². The van der Waals surface area contributed by atoms with Crippen molar-refractivity contribution in [1.82, 2.24) is 4.90 Å². The van der Waals surface area contributed by atoms with Crippen molar-refractivity contribution in [2.45, 2.75) is 31.7 Å². The molecule has 1 saturated heterocycles. The summed E-state index contributed by atoms with van der Waals surface area (Å²) in [5.41, 5.74) is 1.28. The highest BCUT2D eigenvalue weighted by atomic mass is 35.5. The normalized spacial score (nSPS) is 33.9. The second-order valence-electron chi connectivity index (χ2n) is 6.75. The zero-order valence-corrected chi connectivity index (χ0v) is 12.7. The van der Waals surface area contributed by atoms with E-state index in [1.54, 1.807) is 0 Å². The van der Waals surface area contributed by atoms with Crippen molar-refractivity contribution in [2.75, 3.05) is 31.1 Å². The quantitative estimate of drug-likeness (QED) is 0.820. The van der Waals surface area contributed by atoms with Crippen molar-refractivity contribution in [3.8, 4) is 0 Å². The van der Waals surface area contributed by atoms with Crippen LogP contribution in [0.5, 0.6) is 0 Å². The molecular formula is C17H23ClN2. The van der Waals surface area contributed by atoms with Crippen molar-refractivity contribution in [2.24, 2.45) is 11.8 Å². The van der Waals surface area contributed by atoms with Crippen LogP contribution in [0.4, 0.5) is 5.69 Å². The second kappa shape index (κ2) is 5.23. The molecule has 108 valence electrons. The predicted molar refractivity (Wildman–Crippen MR) is 84.5 cm³/mol. The van der Waals surface area contributed by atoms with Crippen molar-refractivity contribution >= 4 is 17.3 Å². The van der Waals surface area contributed by atoms with Crippen LogP contribution in [0.1, 0.15) is 25.7 Å². The van der Waals surface area contributed by atoms with Crippen LogP contribution in [0.25, 0.3) is 0 Å². The summed E-state index contributed by atoms with van der Waals surface area (Å²) in [5, 5.41) is 0.845. The molecule has 2 bridgehead atoms. The number of piperazine rings is 1. The molecule has 20 heavy (non-hydrogen) atoms. The van der Waals surface area contributed by atoms with Gasteiger partial charge in [0.05, 0.1) is 0 Å². The van der Waals surface area contributed by atoms with Gasteiger partial charge < -0.3 is 4.90 Å². The minimum atomic E-state index is 0.845. The molecule has 1 aliphatic heterocycles. The molecule has 0 radical (unpaired) electrons. The lowest BCUT2D eigenvalue weighted by molar-refractivity contribution is 0.135. The van der Waals surface area contributed by atoms with Crippen LogP contribution in [-0.4, -0.2) is 37.1 Å². The van der Waals surface area contributed by atoms with E-state index in [9.17, 15) is 0 Å². The molecule has 1 aromatic carbocycles. The summed E-state index contributed by atoms with van der Waals surface area (Å²) >= 11 is 6.10. The molecule has 2 aliphatic carbocycles. The van der Waals surface area contributed by atoms with Gasteiger partial charge in [0.25, 0.3) is 0 Å². The zero-order valence-electron chi connectivity index (χ0n) is 12.0. The minimum Gasteiger partial charge on any atom is -0.369 e. The van der Waals surface area contributed by atoms with Gasteiger partial charge >= 0.3 is 0 Å². The van der Waals surface area contributed by atoms with Gasteiger partial charge in [-0.3, -0.25) is 4.90 Å². The minimum absolute atomic E-state index is 0.845. The van der Waals surface area contributed by atoms with Crippen LogP contribution in [0.3, 0.4) is 0 Å². The molecule has 1 aromatic rings. The van der Waals surface area contributed by atoms with Gasteiger partial charge in [-0.05, 0) is 49.3 Å². The van der Waals surface area contributed by atoms with Crippen molar-refractivity contribution < 1.29 is 0 Å². The third kappa shape index (κ3) is 2.33. The number of nitrogens with zero attached hydrogens (tertiary/aromatic N) is 2. The molecule has 0 aromatic heterocycles. The molecule has 0 unspecified atom stereocenters. The summed E-state index contributed by atoms with van der Waals surface area (Å²) in [7, 11) is 0. The van der Waals surface area contributed by atoms with E-state index < -0.39 is 0 Å². The van der Waals surface area contributed by atoms with Crippen LogP contribution >= 0.6 is 11.6 Å². The van der Waals surface area contributed by atoms with Gasteiger partial charge in [-0.15, -0.1) is 0 Å². The Labute approximate surface area is 126 Å². The van der Waals surface area contributed by atoms with Crippen LogP contribution in [0.2, 0.25) is 5.02 Å². The number of hydrogen-bond donors (Lipinski definition) is 0. The highest BCUT2D eigenvalue weighted by Crippen LogP contribution is 2.46. The molecule has 3 heteroatoms. The van der Waals surface area contributed by atoms with Gasteiger partial charge in [-0.1, -0.05) is 24.1 Å². The molecular weight excluding hydrogens is 268 g/mol. The van der Waals surface area contributed by atoms with E-state index in [0.717, 1.165) is 36.0 Å². The number of fused-ring (bicyclic) bond motifs is 2. The summed E-state index contributed by atoms with van der Waals surface area (Å²) in [6.45, 7) is 4.74. The largest absolute Gasteiger partial charge is 0.369 e. The lowest BCUT2D eigenvalue weighted by Crippen LogP contribution is -2.51. The highest BCUT2D eigenvalue weighted by Gasteiger charge is 2.42. The molecule has 3 fully saturated rings. The van der Waals surface area contributed by atoms with Crippen molar-refractivity contribution in [3.05, 3.63) is 29.3 Å². The monoisotopic (exact) mass is 290 g/mol. The van der Waals surface area contributed by atoms with Gasteiger partial charge in [-0.25, -0.2) is 0 Å². The van der Waals surface area contributed by atoms with E-state index in [1.165, 1.54) is 44.5 Å². The lowest BCUT2D eigenvalue weighted by Gasteiger charge is -2.41. The average molecular weight is 291 g/mol. The highest BCUT2D eigenvalue weighted by molar-refractivity contribution is 6.30. The predicted octanol–water partition coefficient (Wildman–Crippen LogP) is 3.65. The summed E-state index contributed by atoms with van der Waals surface area (Å²) in [4.78, 5) is 5.25. The van der Waals surface area contributed by atoms with Gasteiger partial charge in [0, 0.05) is 42.9 Å². The van der Waals surface area contributed by atoms with Crippen LogP contribution in [-0.2, 0) is 0 Å². The Hall–Kier alpha value is -0.730. The molecule has 3 atom stereocenters. The first-order valence-electron chi connectivity index (χ1n) is 8.04. The van der Waals surface area contributed by atoms with Gasteiger partial charge in [-0.2, -0.15) is 0 Å². The number of hydrogen-bond acceptors (Lipinski definition) is 2. The van der Waals surface area contributed by atoms with Crippen molar-refractivity contribution in [1.29, 1.82) is 0 Å². The Balaban J connectivity index is 1.38. The second-order valence-corrected chi connectivity index (χ2v) is 7.18. The van der Waals surface area contributed by atoms with E-state index in [-0.39, 0.29) is 0 Å². The standard InChI is InChI=1S/C17H23ClN2/c18-15-2-1-3-16(12-15)19-6-8-20(9-7-19)17-11-13-4-5-14(17)10-13/h1-3,12-14,17H,4-11H2/t13-,14+,17-/m0/s1.